The molecule has 0 bridgehead atoms. The minimum atomic E-state index is -0.270. The Hall–Kier alpha value is -1.55. The summed E-state index contributed by atoms with van der Waals surface area (Å²) in [4.78, 5) is 8.64. The van der Waals surface area contributed by atoms with Gasteiger partial charge in [-0.1, -0.05) is 0 Å². The molecule has 1 aromatic carbocycles. The second kappa shape index (κ2) is 4.14. The van der Waals surface area contributed by atoms with Crippen LogP contribution in [0.25, 0.3) is 10.9 Å². The summed E-state index contributed by atoms with van der Waals surface area (Å²) in [5, 5.41) is 4.03. The molecule has 4 heteroatoms. The Labute approximate surface area is 93.7 Å². The minimum Gasteiger partial charge on any atom is -0.312 e. The van der Waals surface area contributed by atoms with Crippen molar-refractivity contribution in [2.45, 2.75) is 19.9 Å². The van der Waals surface area contributed by atoms with Crippen LogP contribution in [0.15, 0.2) is 18.2 Å². The standard InChI is InChI=1S/C12H14FN3/c1-7(14-3)12-10-5-4-9(13)6-11(10)15-8(2)16-12/h4-7,14H,1-3H3. The number of nitrogens with zero attached hydrogens (tertiary/aromatic N) is 2. The van der Waals surface area contributed by atoms with Crippen LogP contribution in [-0.2, 0) is 0 Å². The van der Waals surface area contributed by atoms with Gasteiger partial charge in [0.1, 0.15) is 11.6 Å². The predicted octanol–water partition coefficient (Wildman–Crippen LogP) is 2.36. The average Bonchev–Trinajstić information content (AvgIpc) is 2.26. The van der Waals surface area contributed by atoms with Crippen LogP contribution in [-0.4, -0.2) is 17.0 Å². The monoisotopic (exact) mass is 219 g/mol. The average molecular weight is 219 g/mol. The van der Waals surface area contributed by atoms with Crippen LogP contribution in [0.5, 0.6) is 0 Å². The molecule has 0 saturated carbocycles. The molecular weight excluding hydrogens is 205 g/mol. The fraction of sp³-hybridized carbons (Fsp3) is 0.333. The third-order valence-corrected chi connectivity index (χ3v) is 2.64. The Kier molecular flexibility index (Phi) is 2.83. The van der Waals surface area contributed by atoms with E-state index in [2.05, 4.69) is 15.3 Å². The van der Waals surface area contributed by atoms with Gasteiger partial charge >= 0.3 is 0 Å². The first-order chi connectivity index (χ1) is 7.61. The van der Waals surface area contributed by atoms with Crippen LogP contribution in [0.2, 0.25) is 0 Å². The van der Waals surface area contributed by atoms with Crippen LogP contribution < -0.4 is 5.32 Å². The zero-order chi connectivity index (χ0) is 11.7. The molecule has 16 heavy (non-hydrogen) atoms. The van der Waals surface area contributed by atoms with Crippen LogP contribution in [0.1, 0.15) is 24.5 Å². The Morgan fingerprint density at radius 1 is 1.31 bits per heavy atom. The van der Waals surface area contributed by atoms with Crippen molar-refractivity contribution in [2.24, 2.45) is 0 Å². The molecule has 2 aromatic rings. The molecule has 0 radical (unpaired) electrons. The number of nitrogens with one attached hydrogen (secondary N) is 1. The first-order valence-corrected chi connectivity index (χ1v) is 5.23. The fourth-order valence-corrected chi connectivity index (χ4v) is 1.71. The number of aromatic nitrogens is 2. The highest BCUT2D eigenvalue weighted by Crippen LogP contribution is 2.21. The van der Waals surface area contributed by atoms with Crippen molar-refractivity contribution < 1.29 is 4.39 Å². The van der Waals surface area contributed by atoms with Gasteiger partial charge in [-0.3, -0.25) is 0 Å². The third-order valence-electron chi connectivity index (χ3n) is 2.64. The van der Waals surface area contributed by atoms with Crippen molar-refractivity contribution in [1.82, 2.24) is 15.3 Å². The zero-order valence-electron chi connectivity index (χ0n) is 9.58. The van der Waals surface area contributed by atoms with E-state index in [0.29, 0.717) is 11.3 Å². The Morgan fingerprint density at radius 3 is 2.75 bits per heavy atom. The second-order valence-electron chi connectivity index (χ2n) is 3.83. The first kappa shape index (κ1) is 11.0. The lowest BCUT2D eigenvalue weighted by molar-refractivity contribution is 0.625. The lowest BCUT2D eigenvalue weighted by Gasteiger charge is -2.13. The van der Waals surface area contributed by atoms with Crippen LogP contribution in [0.4, 0.5) is 4.39 Å². The molecule has 0 spiro atoms. The van der Waals surface area contributed by atoms with E-state index in [1.165, 1.54) is 12.1 Å². The van der Waals surface area contributed by atoms with E-state index < -0.39 is 0 Å². The van der Waals surface area contributed by atoms with Gasteiger partial charge in [-0.05, 0) is 33.0 Å². The second-order valence-corrected chi connectivity index (χ2v) is 3.83. The maximum Gasteiger partial charge on any atom is 0.126 e. The van der Waals surface area contributed by atoms with Crippen LogP contribution in [0.3, 0.4) is 0 Å². The molecule has 0 aliphatic heterocycles. The van der Waals surface area contributed by atoms with Gasteiger partial charge in [-0.25, -0.2) is 14.4 Å². The van der Waals surface area contributed by atoms with E-state index in [0.717, 1.165) is 11.1 Å². The first-order valence-electron chi connectivity index (χ1n) is 5.23. The summed E-state index contributed by atoms with van der Waals surface area (Å²) in [6.07, 6.45) is 0. The van der Waals surface area contributed by atoms with Crippen LogP contribution >= 0.6 is 0 Å². The molecular formula is C12H14FN3. The van der Waals surface area contributed by atoms with Gasteiger partial charge in [-0.15, -0.1) is 0 Å². The molecule has 3 nitrogen and oxygen atoms in total. The van der Waals surface area contributed by atoms with E-state index in [1.807, 2.05) is 20.9 Å². The Balaban J connectivity index is 2.72. The lowest BCUT2D eigenvalue weighted by atomic mass is 10.1. The smallest absolute Gasteiger partial charge is 0.126 e. The maximum absolute atomic E-state index is 13.1. The summed E-state index contributed by atoms with van der Waals surface area (Å²) >= 11 is 0. The summed E-state index contributed by atoms with van der Waals surface area (Å²) in [6, 6.07) is 4.73. The molecule has 0 saturated heterocycles. The predicted molar refractivity (Wildman–Crippen MR) is 61.7 cm³/mol. The molecule has 0 amide bonds. The van der Waals surface area contributed by atoms with Gasteiger partial charge in [0.05, 0.1) is 11.2 Å². The Bertz CT molecular complexity index is 520. The molecule has 0 aliphatic rings. The van der Waals surface area contributed by atoms with E-state index >= 15 is 0 Å². The largest absolute Gasteiger partial charge is 0.312 e. The molecule has 0 aliphatic carbocycles. The van der Waals surface area contributed by atoms with Crippen molar-refractivity contribution in [2.75, 3.05) is 7.05 Å². The van der Waals surface area contributed by atoms with Gasteiger partial charge in [-0.2, -0.15) is 0 Å². The van der Waals surface area contributed by atoms with Crippen molar-refractivity contribution in [3.05, 3.63) is 35.5 Å². The lowest BCUT2D eigenvalue weighted by Crippen LogP contribution is -2.15. The van der Waals surface area contributed by atoms with E-state index in [-0.39, 0.29) is 11.9 Å². The van der Waals surface area contributed by atoms with E-state index in [4.69, 9.17) is 0 Å². The van der Waals surface area contributed by atoms with Gasteiger partial charge in [0.15, 0.2) is 0 Å². The van der Waals surface area contributed by atoms with Gasteiger partial charge < -0.3 is 5.32 Å². The molecule has 1 unspecified atom stereocenters. The highest BCUT2D eigenvalue weighted by atomic mass is 19.1. The number of fused-ring (bicyclic) bond motifs is 1. The number of rotatable bonds is 2. The van der Waals surface area contributed by atoms with Crippen molar-refractivity contribution >= 4 is 10.9 Å². The SMILES string of the molecule is CNC(C)c1nc(C)nc2cc(F)ccc12. The van der Waals surface area contributed by atoms with Gasteiger partial charge in [0.2, 0.25) is 0 Å². The zero-order valence-corrected chi connectivity index (χ0v) is 9.58. The minimum absolute atomic E-state index is 0.120. The number of aryl methyl sites for hydroxylation is 1. The summed E-state index contributed by atoms with van der Waals surface area (Å²) in [6.45, 7) is 3.83. The molecule has 0 fully saturated rings. The maximum atomic E-state index is 13.1. The molecule has 1 heterocycles. The quantitative estimate of drug-likeness (QED) is 0.842. The summed E-state index contributed by atoms with van der Waals surface area (Å²) < 4.78 is 13.1. The van der Waals surface area contributed by atoms with E-state index in [1.54, 1.807) is 6.07 Å². The molecule has 1 atom stereocenters. The number of hydrogen-bond donors (Lipinski definition) is 1. The van der Waals surface area contributed by atoms with Crippen molar-refractivity contribution in [3.8, 4) is 0 Å². The molecule has 1 N–H and O–H groups in total. The molecule has 84 valence electrons. The summed E-state index contributed by atoms with van der Waals surface area (Å²) in [5.41, 5.74) is 1.56. The Morgan fingerprint density at radius 2 is 2.06 bits per heavy atom. The number of halogens is 1. The summed E-state index contributed by atoms with van der Waals surface area (Å²) in [5.74, 6) is 0.392. The number of hydrogen-bond acceptors (Lipinski definition) is 3. The molecule has 2 rings (SSSR count). The van der Waals surface area contributed by atoms with Gasteiger partial charge in [0.25, 0.3) is 0 Å². The number of benzene rings is 1. The highest BCUT2D eigenvalue weighted by molar-refractivity contribution is 5.81. The third kappa shape index (κ3) is 1.88. The topological polar surface area (TPSA) is 37.8 Å². The fourth-order valence-electron chi connectivity index (χ4n) is 1.71. The molecule has 1 aromatic heterocycles. The van der Waals surface area contributed by atoms with Crippen molar-refractivity contribution in [3.63, 3.8) is 0 Å². The normalized spacial score (nSPS) is 13.0. The van der Waals surface area contributed by atoms with Crippen molar-refractivity contribution in [1.29, 1.82) is 0 Å². The van der Waals surface area contributed by atoms with Crippen LogP contribution in [0, 0.1) is 12.7 Å². The summed E-state index contributed by atoms with van der Waals surface area (Å²) in [7, 11) is 1.87. The van der Waals surface area contributed by atoms with Gasteiger partial charge in [0, 0.05) is 17.5 Å². The van der Waals surface area contributed by atoms with E-state index in [9.17, 15) is 4.39 Å². The highest BCUT2D eigenvalue weighted by Gasteiger charge is 2.11.